The van der Waals surface area contributed by atoms with Crippen molar-refractivity contribution < 1.29 is 9.18 Å². The van der Waals surface area contributed by atoms with E-state index < -0.39 is 11.2 Å². The predicted octanol–water partition coefficient (Wildman–Crippen LogP) is 6.42. The summed E-state index contributed by atoms with van der Waals surface area (Å²) in [7, 11) is 0. The van der Waals surface area contributed by atoms with Crippen LogP contribution in [0, 0.1) is 12.7 Å². The molecule has 0 saturated heterocycles. The number of aryl methyl sites for hydroxylation is 1. The maximum absolute atomic E-state index is 15.3. The van der Waals surface area contributed by atoms with E-state index in [0.717, 1.165) is 47.5 Å². The summed E-state index contributed by atoms with van der Waals surface area (Å²) in [4.78, 5) is 23.5. The van der Waals surface area contributed by atoms with Gasteiger partial charge in [0.05, 0.1) is 11.1 Å². The summed E-state index contributed by atoms with van der Waals surface area (Å²) in [5, 5.41) is 9.47. The molecule has 39 heavy (non-hydrogen) atoms. The Labute approximate surface area is 231 Å². The third-order valence-corrected chi connectivity index (χ3v) is 7.94. The van der Waals surface area contributed by atoms with Crippen molar-refractivity contribution >= 4 is 41.0 Å². The van der Waals surface area contributed by atoms with Crippen LogP contribution in [0.2, 0.25) is 0 Å². The number of rotatable bonds is 4. The number of aromatic nitrogens is 2. The first-order valence-corrected chi connectivity index (χ1v) is 13.9. The zero-order valence-electron chi connectivity index (χ0n) is 21.6. The summed E-state index contributed by atoms with van der Waals surface area (Å²) in [6.45, 7) is 3.51. The van der Waals surface area contributed by atoms with Crippen molar-refractivity contribution in [2.24, 2.45) is 0 Å². The van der Waals surface area contributed by atoms with E-state index in [9.17, 15) is 4.79 Å². The minimum atomic E-state index is -0.584. The third kappa shape index (κ3) is 5.46. The van der Waals surface area contributed by atoms with Gasteiger partial charge in [-0.1, -0.05) is 42.0 Å². The van der Waals surface area contributed by atoms with E-state index in [4.69, 9.17) is 4.98 Å². The minimum absolute atomic E-state index is 0.165. The number of anilines is 4. The lowest BCUT2D eigenvalue weighted by atomic mass is 9.93. The lowest BCUT2D eigenvalue weighted by Crippen LogP contribution is -2.28. The molecule has 1 saturated carbocycles. The fourth-order valence-electron chi connectivity index (χ4n) is 4.80. The van der Waals surface area contributed by atoms with Crippen molar-refractivity contribution in [3.05, 3.63) is 89.9 Å². The van der Waals surface area contributed by atoms with E-state index in [1.165, 1.54) is 6.07 Å². The quantitative estimate of drug-likeness (QED) is 0.222. The Morgan fingerprint density at radius 2 is 1.92 bits per heavy atom. The monoisotopic (exact) mass is 540 g/mol. The molecule has 0 unspecified atom stereocenters. The first-order valence-electron chi connectivity index (χ1n) is 13.1. The van der Waals surface area contributed by atoms with Crippen molar-refractivity contribution in [3.63, 3.8) is 0 Å². The summed E-state index contributed by atoms with van der Waals surface area (Å²) >= 11 is 1.59. The van der Waals surface area contributed by atoms with Gasteiger partial charge in [-0.15, -0.1) is 0 Å². The molecule has 4 bridgehead atoms. The molecule has 0 atom stereocenters. The Balaban J connectivity index is 1.25. The summed E-state index contributed by atoms with van der Waals surface area (Å²) < 4.78 is 18.7. The number of fused-ring (bicyclic) bond motifs is 4. The number of carbonyl (C=O) groups is 1. The minimum Gasteiger partial charge on any atom is -0.369 e. The van der Waals surface area contributed by atoms with Gasteiger partial charge in [0, 0.05) is 35.4 Å². The lowest BCUT2D eigenvalue weighted by molar-refractivity contribution is -0.118. The second kappa shape index (κ2) is 10.7. The highest BCUT2D eigenvalue weighted by Gasteiger charge is 2.51. The maximum atomic E-state index is 15.3. The molecule has 3 aromatic carbocycles. The first kappa shape index (κ1) is 25.3. The standard InChI is InChI=1S/C30H29FN6OS/c1-19-5-2-6-21(15-19)30(11-12-30)28(38)36-26-10-9-20(16-25(26)31)24-18-33-29-35-22-7-3-8-23(17-22)39-34-14-4-13-32-27(24)37-29/h2-3,5-10,15-18,34H,4,11-14H2,1H3,(H,36,38)(H2,32,33,35,37). The van der Waals surface area contributed by atoms with E-state index in [-0.39, 0.29) is 11.6 Å². The molecule has 1 fully saturated rings. The zero-order chi connectivity index (χ0) is 26.8. The Morgan fingerprint density at radius 1 is 1.05 bits per heavy atom. The molecule has 198 valence electrons. The zero-order valence-corrected chi connectivity index (χ0v) is 22.4. The van der Waals surface area contributed by atoms with Crippen LogP contribution >= 0.6 is 11.9 Å². The van der Waals surface area contributed by atoms with Gasteiger partial charge in [0.15, 0.2) is 0 Å². The summed E-state index contributed by atoms with van der Waals surface area (Å²) in [5.74, 6) is 0.390. The van der Waals surface area contributed by atoms with Crippen LogP contribution < -0.4 is 20.7 Å². The van der Waals surface area contributed by atoms with E-state index in [0.29, 0.717) is 29.4 Å². The van der Waals surface area contributed by atoms with Crippen LogP contribution in [0.3, 0.4) is 0 Å². The van der Waals surface area contributed by atoms with Crippen molar-refractivity contribution in [2.75, 3.05) is 29.0 Å². The van der Waals surface area contributed by atoms with Crippen molar-refractivity contribution in [1.82, 2.24) is 14.7 Å². The third-order valence-electron chi connectivity index (χ3n) is 7.10. The second-order valence-corrected chi connectivity index (χ2v) is 10.9. The topological polar surface area (TPSA) is 91.0 Å². The van der Waals surface area contributed by atoms with Crippen LogP contribution in [0.4, 0.5) is 27.5 Å². The summed E-state index contributed by atoms with van der Waals surface area (Å²) in [5.41, 5.74) is 3.85. The number of nitrogens with one attached hydrogen (secondary N) is 4. The number of hydrogen-bond acceptors (Lipinski definition) is 7. The molecule has 0 radical (unpaired) electrons. The fourth-order valence-corrected chi connectivity index (χ4v) is 5.54. The number of nitrogens with zero attached hydrogens (tertiary/aromatic N) is 2. The largest absolute Gasteiger partial charge is 0.369 e. The predicted molar refractivity (Wildman–Crippen MR) is 155 cm³/mol. The van der Waals surface area contributed by atoms with Gasteiger partial charge in [-0.25, -0.2) is 9.37 Å². The van der Waals surface area contributed by atoms with Gasteiger partial charge in [0.25, 0.3) is 0 Å². The van der Waals surface area contributed by atoms with Crippen molar-refractivity contribution in [1.29, 1.82) is 0 Å². The fraction of sp³-hybridized carbons (Fsp3) is 0.233. The van der Waals surface area contributed by atoms with E-state index in [2.05, 4.69) is 25.7 Å². The van der Waals surface area contributed by atoms with E-state index >= 15 is 4.39 Å². The molecule has 2 heterocycles. The Hall–Kier alpha value is -3.95. The molecular formula is C30H29FN6OS. The summed E-state index contributed by atoms with van der Waals surface area (Å²) in [6.07, 6.45) is 4.08. The van der Waals surface area contributed by atoms with Crippen LogP contribution in [-0.4, -0.2) is 29.0 Å². The van der Waals surface area contributed by atoms with Gasteiger partial charge < -0.3 is 16.0 Å². The Bertz CT molecular complexity index is 1540. The molecule has 4 aromatic rings. The van der Waals surface area contributed by atoms with Gasteiger partial charge in [0.2, 0.25) is 11.9 Å². The van der Waals surface area contributed by atoms with E-state index in [1.807, 2.05) is 55.5 Å². The Morgan fingerprint density at radius 3 is 2.74 bits per heavy atom. The molecule has 1 aromatic heterocycles. The van der Waals surface area contributed by atoms with Gasteiger partial charge in [-0.05, 0) is 79.6 Å². The van der Waals surface area contributed by atoms with Crippen molar-refractivity contribution in [3.8, 4) is 11.1 Å². The molecule has 0 spiro atoms. The molecule has 1 amide bonds. The highest BCUT2D eigenvalue weighted by Crippen LogP contribution is 2.49. The first-order chi connectivity index (χ1) is 19.0. The van der Waals surface area contributed by atoms with Crippen LogP contribution in [-0.2, 0) is 10.2 Å². The second-order valence-electron chi connectivity index (χ2n) is 9.99. The molecule has 1 aliphatic carbocycles. The molecule has 6 rings (SSSR count). The Kier molecular flexibility index (Phi) is 6.93. The molecule has 1 aliphatic heterocycles. The maximum Gasteiger partial charge on any atom is 0.235 e. The number of halogens is 1. The molecule has 7 nitrogen and oxygen atoms in total. The van der Waals surface area contributed by atoms with Gasteiger partial charge >= 0.3 is 0 Å². The van der Waals surface area contributed by atoms with Crippen LogP contribution in [0.15, 0.2) is 77.8 Å². The van der Waals surface area contributed by atoms with Crippen molar-refractivity contribution in [2.45, 2.75) is 36.5 Å². The number of carbonyl (C=O) groups excluding carboxylic acids is 1. The number of benzene rings is 3. The molecular weight excluding hydrogens is 511 g/mol. The number of amides is 1. The molecule has 2 aliphatic rings. The summed E-state index contributed by atoms with van der Waals surface area (Å²) in [6, 6.07) is 20.8. The van der Waals surface area contributed by atoms with Crippen LogP contribution in [0.1, 0.15) is 30.4 Å². The normalized spacial score (nSPS) is 15.9. The highest BCUT2D eigenvalue weighted by molar-refractivity contribution is 7.97. The molecule has 9 heteroatoms. The SMILES string of the molecule is Cc1cccc(C2(C(=O)Nc3ccc(-c4cnc5nc4NCCCNSc4cccc(c4)N5)cc3F)CC2)c1. The van der Waals surface area contributed by atoms with Gasteiger partial charge in [-0.2, -0.15) is 4.98 Å². The van der Waals surface area contributed by atoms with Crippen LogP contribution in [0.5, 0.6) is 0 Å². The van der Waals surface area contributed by atoms with E-state index in [1.54, 1.807) is 30.3 Å². The van der Waals surface area contributed by atoms with Gasteiger partial charge in [0.1, 0.15) is 11.6 Å². The highest BCUT2D eigenvalue weighted by atomic mass is 32.2. The average Bonchev–Trinajstić information content (AvgIpc) is 3.74. The average molecular weight is 541 g/mol. The smallest absolute Gasteiger partial charge is 0.235 e. The molecule has 4 N–H and O–H groups in total. The van der Waals surface area contributed by atoms with Gasteiger partial charge in [-0.3, -0.25) is 9.52 Å². The lowest BCUT2D eigenvalue weighted by Gasteiger charge is -2.17. The number of hydrogen-bond donors (Lipinski definition) is 4. The van der Waals surface area contributed by atoms with Crippen LogP contribution in [0.25, 0.3) is 11.1 Å².